The maximum absolute atomic E-state index is 12.7. The zero-order valence-electron chi connectivity index (χ0n) is 12.6. The van der Waals surface area contributed by atoms with Gasteiger partial charge < -0.3 is 10.6 Å². The molecule has 0 spiro atoms. The number of hydrogen-bond donors (Lipinski definition) is 1. The van der Waals surface area contributed by atoms with E-state index < -0.39 is 0 Å². The van der Waals surface area contributed by atoms with Gasteiger partial charge in [0.2, 0.25) is 5.91 Å². The summed E-state index contributed by atoms with van der Waals surface area (Å²) in [6.45, 7) is 2.36. The van der Waals surface area contributed by atoms with E-state index in [-0.39, 0.29) is 11.8 Å². The van der Waals surface area contributed by atoms with Gasteiger partial charge in [-0.3, -0.25) is 4.79 Å². The van der Waals surface area contributed by atoms with Gasteiger partial charge in [0.1, 0.15) is 0 Å². The molecule has 0 aromatic heterocycles. The average molecular weight is 282 g/mol. The fourth-order valence-electron chi connectivity index (χ4n) is 2.50. The molecule has 21 heavy (non-hydrogen) atoms. The summed E-state index contributed by atoms with van der Waals surface area (Å²) in [5, 5.41) is 0. The lowest BCUT2D eigenvalue weighted by Gasteiger charge is -2.24. The van der Waals surface area contributed by atoms with Gasteiger partial charge in [-0.15, -0.1) is 0 Å². The molecule has 3 nitrogen and oxygen atoms in total. The first-order valence-corrected chi connectivity index (χ1v) is 7.20. The van der Waals surface area contributed by atoms with Gasteiger partial charge >= 0.3 is 0 Å². The quantitative estimate of drug-likeness (QED) is 0.916. The number of carbonyl (C=O) groups excluding carboxylic acids is 1. The first-order valence-electron chi connectivity index (χ1n) is 7.20. The van der Waals surface area contributed by atoms with Crippen molar-refractivity contribution in [1.82, 2.24) is 0 Å². The van der Waals surface area contributed by atoms with Gasteiger partial charge in [0, 0.05) is 19.3 Å². The molecule has 110 valence electrons. The largest absolute Gasteiger partial charge is 0.330 e. The second kappa shape index (κ2) is 7.04. The molecule has 1 unspecified atom stereocenters. The van der Waals surface area contributed by atoms with Gasteiger partial charge in [-0.25, -0.2) is 0 Å². The Morgan fingerprint density at radius 3 is 2.33 bits per heavy atom. The van der Waals surface area contributed by atoms with Crippen molar-refractivity contribution in [3.05, 3.63) is 65.7 Å². The Morgan fingerprint density at radius 2 is 1.71 bits per heavy atom. The van der Waals surface area contributed by atoms with E-state index in [0.717, 1.165) is 16.8 Å². The number of hydrogen-bond acceptors (Lipinski definition) is 2. The normalized spacial score (nSPS) is 12.0. The van der Waals surface area contributed by atoms with Gasteiger partial charge in [0.15, 0.2) is 0 Å². The summed E-state index contributed by atoms with van der Waals surface area (Å²) in [7, 11) is 1.82. The van der Waals surface area contributed by atoms with Gasteiger partial charge in [0.25, 0.3) is 0 Å². The van der Waals surface area contributed by atoms with Crippen LogP contribution in [0.2, 0.25) is 0 Å². The molecule has 2 aromatic rings. The molecule has 0 saturated heterocycles. The number of aryl methyl sites for hydroxylation is 1. The van der Waals surface area contributed by atoms with Gasteiger partial charge in [0.05, 0.1) is 5.92 Å². The molecule has 1 atom stereocenters. The molecule has 0 radical (unpaired) electrons. The van der Waals surface area contributed by atoms with E-state index in [1.165, 1.54) is 0 Å². The molecule has 0 saturated carbocycles. The molecular formula is C18H22N2O. The van der Waals surface area contributed by atoms with Crippen LogP contribution in [0.4, 0.5) is 5.69 Å². The summed E-state index contributed by atoms with van der Waals surface area (Å²) in [6.07, 6.45) is 0.673. The summed E-state index contributed by atoms with van der Waals surface area (Å²) < 4.78 is 0. The Morgan fingerprint density at radius 1 is 1.10 bits per heavy atom. The Bertz CT molecular complexity index is 595. The standard InChI is InChI=1S/C18H22N2O/c1-14-8-6-7-11-17(14)20(2)18(21)16(13-19)12-15-9-4-3-5-10-15/h3-11,16H,12-13,19H2,1-2H3. The zero-order valence-corrected chi connectivity index (χ0v) is 12.6. The number of para-hydroxylation sites is 1. The molecular weight excluding hydrogens is 260 g/mol. The molecule has 0 heterocycles. The molecule has 3 heteroatoms. The molecule has 2 rings (SSSR count). The second-order valence-corrected chi connectivity index (χ2v) is 5.31. The number of benzene rings is 2. The van der Waals surface area contributed by atoms with Crippen LogP contribution in [0.3, 0.4) is 0 Å². The number of amides is 1. The predicted octanol–water partition coefficient (Wildman–Crippen LogP) is 2.78. The van der Waals surface area contributed by atoms with Gasteiger partial charge in [-0.05, 0) is 30.5 Å². The molecule has 0 aliphatic heterocycles. The smallest absolute Gasteiger partial charge is 0.231 e. The minimum Gasteiger partial charge on any atom is -0.330 e. The fourth-order valence-corrected chi connectivity index (χ4v) is 2.50. The van der Waals surface area contributed by atoms with Crippen molar-refractivity contribution in [2.24, 2.45) is 11.7 Å². The molecule has 2 N–H and O–H groups in total. The lowest BCUT2D eigenvalue weighted by molar-refractivity contribution is -0.121. The van der Waals surface area contributed by atoms with Crippen LogP contribution in [0.1, 0.15) is 11.1 Å². The van der Waals surface area contributed by atoms with Crippen LogP contribution >= 0.6 is 0 Å². The Labute approximate surface area is 126 Å². The van der Waals surface area contributed by atoms with E-state index in [1.807, 2.05) is 68.6 Å². The van der Waals surface area contributed by atoms with Crippen molar-refractivity contribution in [2.45, 2.75) is 13.3 Å². The summed E-state index contributed by atoms with van der Waals surface area (Å²) in [4.78, 5) is 14.4. The van der Waals surface area contributed by atoms with E-state index in [4.69, 9.17) is 5.73 Å². The van der Waals surface area contributed by atoms with Gasteiger partial charge in [-0.2, -0.15) is 0 Å². The maximum Gasteiger partial charge on any atom is 0.231 e. The van der Waals surface area contributed by atoms with Crippen LogP contribution in [-0.4, -0.2) is 19.5 Å². The number of rotatable bonds is 5. The van der Waals surface area contributed by atoms with Gasteiger partial charge in [-0.1, -0.05) is 48.5 Å². The van der Waals surface area contributed by atoms with Crippen LogP contribution in [0, 0.1) is 12.8 Å². The van der Waals surface area contributed by atoms with Crippen LogP contribution in [-0.2, 0) is 11.2 Å². The fraction of sp³-hybridized carbons (Fsp3) is 0.278. The molecule has 1 amide bonds. The second-order valence-electron chi connectivity index (χ2n) is 5.31. The highest BCUT2D eigenvalue weighted by atomic mass is 16.2. The molecule has 2 aromatic carbocycles. The van der Waals surface area contributed by atoms with Crippen LogP contribution in [0.15, 0.2) is 54.6 Å². The lowest BCUT2D eigenvalue weighted by atomic mass is 9.97. The van der Waals surface area contributed by atoms with E-state index in [0.29, 0.717) is 13.0 Å². The molecule has 0 aliphatic rings. The summed E-state index contributed by atoms with van der Waals surface area (Å²) >= 11 is 0. The predicted molar refractivity (Wildman–Crippen MR) is 87.3 cm³/mol. The highest BCUT2D eigenvalue weighted by Gasteiger charge is 2.22. The summed E-state index contributed by atoms with van der Waals surface area (Å²) in [6, 6.07) is 17.9. The number of anilines is 1. The van der Waals surface area contributed by atoms with Crippen LogP contribution in [0.5, 0.6) is 0 Å². The zero-order chi connectivity index (χ0) is 15.2. The van der Waals surface area contributed by atoms with Crippen molar-refractivity contribution in [3.63, 3.8) is 0 Å². The highest BCUT2D eigenvalue weighted by Crippen LogP contribution is 2.20. The van der Waals surface area contributed by atoms with Crippen LogP contribution < -0.4 is 10.6 Å². The number of nitrogens with zero attached hydrogens (tertiary/aromatic N) is 1. The Balaban J connectivity index is 2.15. The first kappa shape index (κ1) is 15.3. The van der Waals surface area contributed by atoms with E-state index in [2.05, 4.69) is 0 Å². The summed E-state index contributed by atoms with van der Waals surface area (Å²) in [5.74, 6) is -0.132. The SMILES string of the molecule is Cc1ccccc1N(C)C(=O)C(CN)Cc1ccccc1. The minimum atomic E-state index is -0.197. The topological polar surface area (TPSA) is 46.3 Å². The van der Waals surface area contributed by atoms with E-state index >= 15 is 0 Å². The first-order chi connectivity index (χ1) is 10.1. The maximum atomic E-state index is 12.7. The third-order valence-electron chi connectivity index (χ3n) is 3.77. The van der Waals surface area contributed by atoms with Crippen molar-refractivity contribution in [3.8, 4) is 0 Å². The van der Waals surface area contributed by atoms with Crippen molar-refractivity contribution >= 4 is 11.6 Å². The number of nitrogens with two attached hydrogens (primary N) is 1. The van der Waals surface area contributed by atoms with Crippen LogP contribution in [0.25, 0.3) is 0 Å². The average Bonchev–Trinajstić information content (AvgIpc) is 2.53. The minimum absolute atomic E-state index is 0.0654. The third-order valence-corrected chi connectivity index (χ3v) is 3.77. The molecule has 0 bridgehead atoms. The van der Waals surface area contributed by atoms with E-state index in [1.54, 1.807) is 4.90 Å². The lowest BCUT2D eigenvalue weighted by Crippen LogP contribution is -2.38. The Kier molecular flexibility index (Phi) is 5.12. The third kappa shape index (κ3) is 3.70. The number of carbonyl (C=O) groups is 1. The highest BCUT2D eigenvalue weighted by molar-refractivity contribution is 5.95. The molecule has 0 aliphatic carbocycles. The van der Waals surface area contributed by atoms with Crippen molar-refractivity contribution < 1.29 is 4.79 Å². The van der Waals surface area contributed by atoms with Crippen molar-refractivity contribution in [2.75, 3.05) is 18.5 Å². The molecule has 0 fully saturated rings. The van der Waals surface area contributed by atoms with Crippen molar-refractivity contribution in [1.29, 1.82) is 0 Å². The monoisotopic (exact) mass is 282 g/mol. The Hall–Kier alpha value is -2.13. The van der Waals surface area contributed by atoms with E-state index in [9.17, 15) is 4.79 Å². The summed E-state index contributed by atoms with van der Waals surface area (Å²) in [5.41, 5.74) is 8.99.